The topological polar surface area (TPSA) is 71.1 Å². The van der Waals surface area contributed by atoms with E-state index in [1.54, 1.807) is 0 Å². The third kappa shape index (κ3) is 3.93. The Morgan fingerprint density at radius 3 is 3.00 bits per heavy atom. The lowest BCUT2D eigenvalue weighted by atomic mass is 10.1. The number of oxime groups is 1. The Hall–Kier alpha value is -0.810. The van der Waals surface area contributed by atoms with E-state index in [2.05, 4.69) is 5.16 Å². The first-order chi connectivity index (χ1) is 6.72. The van der Waals surface area contributed by atoms with Crippen LogP contribution in [-0.4, -0.2) is 48.8 Å². The maximum atomic E-state index is 8.39. The van der Waals surface area contributed by atoms with Gasteiger partial charge in [0.25, 0.3) is 0 Å². The molecule has 0 spiro atoms. The summed E-state index contributed by atoms with van der Waals surface area (Å²) in [6, 6.07) is 0. The number of nitrogens with two attached hydrogens (primary N) is 1. The molecule has 1 saturated heterocycles. The van der Waals surface area contributed by atoms with Gasteiger partial charge in [0.05, 0.1) is 12.6 Å². The highest BCUT2D eigenvalue weighted by molar-refractivity contribution is 5.81. The summed E-state index contributed by atoms with van der Waals surface area (Å²) in [5.41, 5.74) is 5.40. The van der Waals surface area contributed by atoms with Crippen LogP contribution >= 0.6 is 0 Å². The summed E-state index contributed by atoms with van der Waals surface area (Å²) in [5.74, 6) is 0.239. The first kappa shape index (κ1) is 11.3. The van der Waals surface area contributed by atoms with Gasteiger partial charge in [-0.05, 0) is 26.3 Å². The Labute approximate surface area is 84.5 Å². The van der Waals surface area contributed by atoms with Crippen molar-refractivity contribution < 1.29 is 9.94 Å². The molecule has 0 saturated carbocycles. The number of ether oxygens (including phenoxy) is 1. The highest BCUT2D eigenvalue weighted by Gasteiger charge is 2.16. The molecule has 0 aromatic rings. The molecule has 14 heavy (non-hydrogen) atoms. The van der Waals surface area contributed by atoms with Crippen LogP contribution in [0.1, 0.15) is 19.3 Å². The maximum Gasteiger partial charge on any atom is 0.153 e. The van der Waals surface area contributed by atoms with Gasteiger partial charge in [0.2, 0.25) is 0 Å². The Kier molecular flexibility index (Phi) is 4.69. The molecule has 0 bridgehead atoms. The second kappa shape index (κ2) is 5.82. The zero-order valence-electron chi connectivity index (χ0n) is 8.65. The average molecular weight is 201 g/mol. The Balaban J connectivity index is 2.21. The summed E-state index contributed by atoms with van der Waals surface area (Å²) in [4.78, 5) is 2.00. The van der Waals surface area contributed by atoms with Crippen LogP contribution in [-0.2, 0) is 4.74 Å². The minimum absolute atomic E-state index is 0.239. The van der Waals surface area contributed by atoms with E-state index < -0.39 is 0 Å². The second-order valence-electron chi connectivity index (χ2n) is 3.78. The lowest BCUT2D eigenvalue weighted by Gasteiger charge is -2.26. The molecule has 1 unspecified atom stereocenters. The average Bonchev–Trinajstić information content (AvgIpc) is 2.19. The first-order valence-corrected chi connectivity index (χ1v) is 4.99. The zero-order valence-corrected chi connectivity index (χ0v) is 8.65. The van der Waals surface area contributed by atoms with E-state index in [1.165, 1.54) is 12.8 Å². The molecule has 1 fully saturated rings. The molecular weight excluding hydrogens is 182 g/mol. The predicted molar refractivity (Wildman–Crippen MR) is 54.5 cm³/mol. The van der Waals surface area contributed by atoms with Crippen molar-refractivity contribution in [2.24, 2.45) is 10.9 Å². The number of rotatable bonds is 4. The van der Waals surface area contributed by atoms with Crippen molar-refractivity contribution >= 4 is 5.84 Å². The second-order valence-corrected chi connectivity index (χ2v) is 3.78. The fourth-order valence-electron chi connectivity index (χ4n) is 1.67. The Morgan fingerprint density at radius 2 is 2.43 bits per heavy atom. The summed E-state index contributed by atoms with van der Waals surface area (Å²) >= 11 is 0. The molecule has 0 aliphatic carbocycles. The van der Waals surface area contributed by atoms with Gasteiger partial charge in [-0.25, -0.2) is 0 Å². The normalized spacial score (nSPS) is 24.1. The highest BCUT2D eigenvalue weighted by Crippen LogP contribution is 2.13. The Bertz CT molecular complexity index is 190. The smallest absolute Gasteiger partial charge is 0.153 e. The van der Waals surface area contributed by atoms with Crippen LogP contribution in [0.15, 0.2) is 5.16 Å². The van der Waals surface area contributed by atoms with E-state index in [0.29, 0.717) is 12.6 Å². The van der Waals surface area contributed by atoms with Gasteiger partial charge in [0.15, 0.2) is 5.84 Å². The molecule has 1 rings (SSSR count). The summed E-state index contributed by atoms with van der Waals surface area (Å²) < 4.78 is 5.58. The monoisotopic (exact) mass is 201 g/mol. The van der Waals surface area contributed by atoms with E-state index in [4.69, 9.17) is 15.7 Å². The van der Waals surface area contributed by atoms with E-state index in [-0.39, 0.29) is 5.84 Å². The van der Waals surface area contributed by atoms with Crippen LogP contribution in [0, 0.1) is 0 Å². The van der Waals surface area contributed by atoms with Gasteiger partial charge in [0, 0.05) is 13.2 Å². The summed E-state index contributed by atoms with van der Waals surface area (Å²) in [6.07, 6.45) is 3.82. The first-order valence-electron chi connectivity index (χ1n) is 4.99. The van der Waals surface area contributed by atoms with E-state index >= 15 is 0 Å². The molecule has 0 amide bonds. The summed E-state index contributed by atoms with van der Waals surface area (Å²) in [6.45, 7) is 2.19. The molecule has 0 radical (unpaired) electrons. The minimum Gasteiger partial charge on any atom is -0.409 e. The maximum absolute atomic E-state index is 8.39. The van der Waals surface area contributed by atoms with Gasteiger partial charge in [-0.15, -0.1) is 0 Å². The molecule has 82 valence electrons. The van der Waals surface area contributed by atoms with E-state index in [1.807, 2.05) is 11.9 Å². The quantitative estimate of drug-likeness (QED) is 0.296. The van der Waals surface area contributed by atoms with Crippen LogP contribution in [0.4, 0.5) is 0 Å². The fraction of sp³-hybridized carbons (Fsp3) is 0.889. The molecular formula is C9H19N3O2. The summed E-state index contributed by atoms with van der Waals surface area (Å²) in [7, 11) is 1.94. The minimum atomic E-state index is 0.239. The van der Waals surface area contributed by atoms with Gasteiger partial charge >= 0.3 is 0 Å². The molecule has 1 aliphatic heterocycles. The number of hydrogen-bond donors (Lipinski definition) is 2. The van der Waals surface area contributed by atoms with Gasteiger partial charge in [-0.2, -0.15) is 0 Å². The fourth-order valence-corrected chi connectivity index (χ4v) is 1.67. The highest BCUT2D eigenvalue weighted by atomic mass is 16.5. The van der Waals surface area contributed by atoms with Gasteiger partial charge < -0.3 is 15.7 Å². The van der Waals surface area contributed by atoms with Crippen molar-refractivity contribution in [1.82, 2.24) is 4.90 Å². The molecule has 1 aliphatic rings. The predicted octanol–water partition coefficient (Wildman–Crippen LogP) is 0.234. The standard InChI is InChI=1S/C9H19N3O2/c1-12(7-9(10)11-13)6-8-4-2-3-5-14-8/h8,13H,2-7H2,1H3,(H2,10,11). The zero-order chi connectivity index (χ0) is 10.4. The molecule has 1 heterocycles. The van der Waals surface area contributed by atoms with Crippen molar-refractivity contribution in [3.8, 4) is 0 Å². The third-order valence-corrected chi connectivity index (χ3v) is 2.35. The van der Waals surface area contributed by atoms with Crippen molar-refractivity contribution in [3.05, 3.63) is 0 Å². The van der Waals surface area contributed by atoms with Crippen LogP contribution in [0.3, 0.4) is 0 Å². The van der Waals surface area contributed by atoms with Gasteiger partial charge in [0.1, 0.15) is 0 Å². The van der Waals surface area contributed by atoms with Crippen molar-refractivity contribution in [3.63, 3.8) is 0 Å². The number of amidine groups is 1. The Morgan fingerprint density at radius 1 is 1.64 bits per heavy atom. The SMILES string of the molecule is CN(CC(N)=NO)CC1CCCCO1. The number of likely N-dealkylation sites (N-methyl/N-ethyl adjacent to an activating group) is 1. The number of nitrogens with zero attached hydrogens (tertiary/aromatic N) is 2. The molecule has 5 heteroatoms. The van der Waals surface area contributed by atoms with Gasteiger partial charge in [-0.3, -0.25) is 4.90 Å². The van der Waals surface area contributed by atoms with Crippen molar-refractivity contribution in [2.75, 3.05) is 26.7 Å². The summed E-state index contributed by atoms with van der Waals surface area (Å²) in [5, 5.41) is 11.3. The molecule has 1 atom stereocenters. The number of hydrogen-bond acceptors (Lipinski definition) is 4. The van der Waals surface area contributed by atoms with Gasteiger partial charge in [-0.1, -0.05) is 5.16 Å². The van der Waals surface area contributed by atoms with Crippen molar-refractivity contribution in [1.29, 1.82) is 0 Å². The van der Waals surface area contributed by atoms with Crippen molar-refractivity contribution in [2.45, 2.75) is 25.4 Å². The van der Waals surface area contributed by atoms with Crippen LogP contribution in [0.25, 0.3) is 0 Å². The van der Waals surface area contributed by atoms with E-state index in [0.717, 1.165) is 19.6 Å². The van der Waals surface area contributed by atoms with E-state index in [9.17, 15) is 0 Å². The molecule has 3 N–H and O–H groups in total. The lowest BCUT2D eigenvalue weighted by molar-refractivity contribution is 0.000633. The molecule has 0 aromatic carbocycles. The van der Waals surface area contributed by atoms with Crippen LogP contribution < -0.4 is 5.73 Å². The largest absolute Gasteiger partial charge is 0.409 e. The lowest BCUT2D eigenvalue weighted by Crippen LogP contribution is -2.38. The third-order valence-electron chi connectivity index (χ3n) is 2.35. The van der Waals surface area contributed by atoms with Crippen LogP contribution in [0.5, 0.6) is 0 Å². The molecule has 5 nitrogen and oxygen atoms in total. The van der Waals surface area contributed by atoms with Crippen LogP contribution in [0.2, 0.25) is 0 Å². The molecule has 0 aromatic heterocycles.